The number of hydrogen-bond donors (Lipinski definition) is 12. The van der Waals surface area contributed by atoms with Gasteiger partial charge in [-0.3, -0.25) is 9.59 Å². The van der Waals surface area contributed by atoms with Gasteiger partial charge in [0.15, 0.2) is 0 Å². The molecule has 4 aliphatic rings. The third-order valence-corrected chi connectivity index (χ3v) is 11.7. The van der Waals surface area contributed by atoms with Crippen LogP contribution in [-0.2, 0) is 9.47 Å². The van der Waals surface area contributed by atoms with E-state index in [0.29, 0.717) is 0 Å². The minimum Gasteiger partial charge on any atom is -0.507 e. The molecule has 4 aromatic rings. The van der Waals surface area contributed by atoms with Gasteiger partial charge in [-0.2, -0.15) is 0 Å². The van der Waals surface area contributed by atoms with E-state index in [1.165, 1.54) is 36.4 Å². The first kappa shape index (κ1) is 42.6. The Morgan fingerprint density at radius 3 is 1.23 bits per heavy atom. The maximum Gasteiger partial charge on any atom is 0.335 e. The third kappa shape index (κ3) is 6.73. The van der Waals surface area contributed by atoms with Crippen LogP contribution in [-0.4, -0.2) is 159 Å². The van der Waals surface area contributed by atoms with Crippen LogP contribution in [0, 0.1) is 0 Å². The van der Waals surface area contributed by atoms with Gasteiger partial charge < -0.3 is 80.2 Å². The molecule has 12 atom stereocenters. The van der Waals surface area contributed by atoms with Crippen molar-refractivity contribution in [2.24, 2.45) is 0 Å². The Balaban J connectivity index is 1.38. The Morgan fingerprint density at radius 1 is 0.516 bits per heavy atom. The minimum absolute atomic E-state index is 0.00301. The van der Waals surface area contributed by atoms with E-state index in [-0.39, 0.29) is 44.9 Å². The number of ketones is 2. The number of carbonyl (C=O) groups excluding carboxylic acids is 2. The van der Waals surface area contributed by atoms with Crippen LogP contribution in [0.4, 0.5) is 0 Å². The fourth-order valence-corrected chi connectivity index (χ4v) is 8.71. The second-order valence-electron chi connectivity index (χ2n) is 15.2. The van der Waals surface area contributed by atoms with Crippen molar-refractivity contribution in [3.63, 3.8) is 0 Å². The van der Waals surface area contributed by atoms with Crippen LogP contribution in [0.2, 0.25) is 0 Å². The molecule has 0 spiro atoms. The van der Waals surface area contributed by atoms with Gasteiger partial charge >= 0.3 is 11.9 Å². The van der Waals surface area contributed by atoms with Crippen LogP contribution in [0.15, 0.2) is 60.7 Å². The first-order chi connectivity index (χ1) is 29.5. The van der Waals surface area contributed by atoms with Crippen molar-refractivity contribution in [2.45, 2.75) is 73.2 Å². The van der Waals surface area contributed by atoms with E-state index in [4.69, 9.17) is 18.9 Å². The highest BCUT2D eigenvalue weighted by Gasteiger charge is 2.50. The minimum atomic E-state index is -1.94. The van der Waals surface area contributed by atoms with Crippen molar-refractivity contribution in [3.05, 3.63) is 116 Å². The number of phenols is 2. The van der Waals surface area contributed by atoms with Crippen molar-refractivity contribution < 1.29 is 99.4 Å². The molecule has 8 rings (SSSR count). The summed E-state index contributed by atoms with van der Waals surface area (Å²) in [6.45, 7) is -1.64. The summed E-state index contributed by atoms with van der Waals surface area (Å²) in [7, 11) is 0. The molecule has 2 unspecified atom stereocenters. The van der Waals surface area contributed by atoms with Crippen LogP contribution in [0.25, 0.3) is 0 Å². The number of hydrogen-bond acceptors (Lipinski definition) is 18. The molecular weight excluding hydrogens is 824 g/mol. The van der Waals surface area contributed by atoms with E-state index in [1.807, 2.05) is 0 Å². The van der Waals surface area contributed by atoms with Crippen molar-refractivity contribution in [3.8, 4) is 23.0 Å². The molecule has 12 N–H and O–H groups in total. The number of rotatable bonds is 9. The number of ether oxygens (including phenoxy) is 4. The quantitative estimate of drug-likeness (QED) is 0.0950. The Hall–Kier alpha value is -6.04. The van der Waals surface area contributed by atoms with Crippen LogP contribution in [0.5, 0.6) is 23.0 Å². The molecule has 2 saturated heterocycles. The van der Waals surface area contributed by atoms with E-state index in [0.717, 1.165) is 24.3 Å². The van der Waals surface area contributed by atoms with Crippen LogP contribution >= 0.6 is 0 Å². The lowest BCUT2D eigenvalue weighted by atomic mass is 9.63. The summed E-state index contributed by atoms with van der Waals surface area (Å²) < 4.78 is 23.0. The zero-order chi connectivity index (χ0) is 44.6. The number of aliphatic hydroxyl groups is 8. The summed E-state index contributed by atoms with van der Waals surface area (Å²) in [5.74, 6) is -10.1. The number of aromatic hydroxyl groups is 2. The molecule has 2 aliphatic carbocycles. The van der Waals surface area contributed by atoms with Gasteiger partial charge in [0, 0.05) is 11.8 Å². The Morgan fingerprint density at radius 2 is 0.887 bits per heavy atom. The van der Waals surface area contributed by atoms with E-state index >= 15 is 0 Å². The Labute approximate surface area is 348 Å². The van der Waals surface area contributed by atoms with Gasteiger partial charge in [0.25, 0.3) is 0 Å². The summed E-state index contributed by atoms with van der Waals surface area (Å²) in [5, 5.41) is 126. The highest BCUT2D eigenvalue weighted by Crippen LogP contribution is 2.56. The molecule has 20 heteroatoms. The number of fused-ring (bicyclic) bond motifs is 4. The number of phenolic OH excluding ortho intramolecular Hbond substituents is 2. The molecule has 0 radical (unpaired) electrons. The van der Waals surface area contributed by atoms with E-state index in [2.05, 4.69) is 0 Å². The van der Waals surface area contributed by atoms with Gasteiger partial charge in [0.1, 0.15) is 71.8 Å². The molecule has 326 valence electrons. The maximum atomic E-state index is 14.7. The number of carboxylic acids is 2. The molecule has 2 fully saturated rings. The lowest BCUT2D eigenvalue weighted by Gasteiger charge is -2.41. The predicted octanol–water partition coefficient (Wildman–Crippen LogP) is -1.10. The topological polar surface area (TPSA) is 348 Å². The average molecular weight is 863 g/mol. The summed E-state index contributed by atoms with van der Waals surface area (Å²) in [6, 6.07) is 11.9. The molecule has 62 heavy (non-hydrogen) atoms. The number of aliphatic hydroxyl groups excluding tert-OH is 8. The van der Waals surface area contributed by atoms with Crippen LogP contribution < -0.4 is 9.47 Å². The zero-order valence-electron chi connectivity index (χ0n) is 31.7. The SMILES string of the molecule is O=C(O)c1cc(O)c2c(c1)C(C1c3cc(C(=O)O)cc(O)c3C(=O)c3c(O[C@H]4O[C@@H](CO)[C@H](O)[C@@H](O)[C@@H]4O)cccc31)c1cccc(O[C@H]3O[C@@H](CO)[C@H](O)[C@@H](O)[C@@H]3O)c1C2=O. The molecule has 4 aromatic carbocycles. The van der Waals surface area contributed by atoms with Gasteiger partial charge in [-0.1, -0.05) is 24.3 Å². The molecule has 20 nitrogen and oxygen atoms in total. The fraction of sp³-hybridized carbons (Fsp3) is 0.333. The smallest absolute Gasteiger partial charge is 0.335 e. The molecule has 0 amide bonds. The normalized spacial score (nSPS) is 30.1. The Kier molecular flexibility index (Phi) is 11.0. The number of carboxylic acid groups (broad SMARTS) is 2. The van der Waals surface area contributed by atoms with Crippen LogP contribution in [0.1, 0.15) is 86.6 Å². The predicted molar refractivity (Wildman–Crippen MR) is 202 cm³/mol. The maximum absolute atomic E-state index is 14.7. The van der Waals surface area contributed by atoms with Crippen LogP contribution in [0.3, 0.4) is 0 Å². The zero-order valence-corrected chi connectivity index (χ0v) is 31.7. The lowest BCUT2D eigenvalue weighted by Crippen LogP contribution is -2.60. The first-order valence-electron chi connectivity index (χ1n) is 19.0. The summed E-state index contributed by atoms with van der Waals surface area (Å²) in [5.41, 5.74) is -2.87. The molecule has 2 aliphatic heterocycles. The summed E-state index contributed by atoms with van der Waals surface area (Å²) >= 11 is 0. The van der Waals surface area contributed by atoms with Crippen molar-refractivity contribution >= 4 is 23.5 Å². The highest BCUT2D eigenvalue weighted by molar-refractivity contribution is 6.18. The lowest BCUT2D eigenvalue weighted by molar-refractivity contribution is -0.277. The summed E-state index contributed by atoms with van der Waals surface area (Å²) in [6.07, 6.45) is -17.7. The van der Waals surface area contributed by atoms with Crippen molar-refractivity contribution in [1.82, 2.24) is 0 Å². The monoisotopic (exact) mass is 862 g/mol. The van der Waals surface area contributed by atoms with Crippen molar-refractivity contribution in [2.75, 3.05) is 13.2 Å². The molecule has 0 saturated carbocycles. The van der Waals surface area contributed by atoms with Gasteiger partial charge in [-0.15, -0.1) is 0 Å². The number of benzene rings is 4. The van der Waals surface area contributed by atoms with Gasteiger partial charge in [0.2, 0.25) is 24.1 Å². The van der Waals surface area contributed by atoms with Gasteiger partial charge in [0.05, 0.1) is 46.6 Å². The van der Waals surface area contributed by atoms with E-state index in [9.17, 15) is 80.5 Å². The number of carbonyl (C=O) groups is 4. The second-order valence-corrected chi connectivity index (χ2v) is 15.2. The van der Waals surface area contributed by atoms with Gasteiger partial charge in [-0.05, 0) is 58.7 Å². The molecule has 0 bridgehead atoms. The second kappa shape index (κ2) is 16.0. The third-order valence-electron chi connectivity index (χ3n) is 11.7. The average Bonchev–Trinajstić information content (AvgIpc) is 3.24. The van der Waals surface area contributed by atoms with E-state index < -0.39 is 144 Å². The molecular formula is C42H38O20. The standard InChI is InChI=1S/C42H38O20/c43-11-23-31(47)35(51)37(53)41(61-23)59-21-5-1-3-15-25(17-7-13(39(55)56)9-19(45)27(17)33(49)29(15)21)26-16-4-2-6-22(60-42-38(54)36(52)32(48)24(12-44)62-42)30(16)34(50)28-18(26)8-14(40(57)58)10-20(28)46/h1-10,23-26,31-32,35-38,41-48,51-54H,11-12H2,(H,55,56)(H,57,58)/t23-,24-,25?,26?,31-,32-,35+,36+,37-,38-,41-,42-/m0/s1. The highest BCUT2D eigenvalue weighted by atomic mass is 16.7. The molecule has 2 heterocycles. The largest absolute Gasteiger partial charge is 0.507 e. The first-order valence-corrected chi connectivity index (χ1v) is 19.0. The fourth-order valence-electron chi connectivity index (χ4n) is 8.71. The molecule has 0 aromatic heterocycles. The summed E-state index contributed by atoms with van der Waals surface area (Å²) in [4.78, 5) is 54.2. The van der Waals surface area contributed by atoms with E-state index in [1.54, 1.807) is 0 Å². The Bertz CT molecular complexity index is 2330. The number of aromatic carboxylic acids is 2. The van der Waals surface area contributed by atoms with Crippen molar-refractivity contribution in [1.29, 1.82) is 0 Å². The van der Waals surface area contributed by atoms with Gasteiger partial charge in [-0.25, -0.2) is 9.59 Å².